The molecule has 2 aromatic rings. The second-order valence-corrected chi connectivity index (χ2v) is 11.0. The predicted octanol–water partition coefficient (Wildman–Crippen LogP) is 3.83. The number of hydrogen-bond donors (Lipinski definition) is 1. The summed E-state index contributed by atoms with van der Waals surface area (Å²) in [5.74, 6) is -0.627. The van der Waals surface area contributed by atoms with Gasteiger partial charge in [0.25, 0.3) is 0 Å². The maximum Gasteiger partial charge on any atom is 0.244 e. The zero-order chi connectivity index (χ0) is 26.2. The van der Waals surface area contributed by atoms with Crippen molar-refractivity contribution in [1.82, 2.24) is 10.2 Å². The zero-order valence-corrected chi connectivity index (χ0v) is 22.6. The Kier molecular flexibility index (Phi) is 10.3. The van der Waals surface area contributed by atoms with E-state index in [0.29, 0.717) is 25.1 Å². The number of aryl methyl sites for hydroxylation is 2. The minimum absolute atomic E-state index is 0.0228. The van der Waals surface area contributed by atoms with E-state index in [1.165, 1.54) is 4.90 Å². The normalized spacial score (nSPS) is 13.1. The summed E-state index contributed by atoms with van der Waals surface area (Å²) in [4.78, 5) is 28.3. The summed E-state index contributed by atoms with van der Waals surface area (Å²) < 4.78 is 26.6. The molecule has 0 aliphatic rings. The zero-order valence-electron chi connectivity index (χ0n) is 21.7. The van der Waals surface area contributed by atoms with Gasteiger partial charge in [0.05, 0.1) is 11.9 Å². The molecule has 0 bridgehead atoms. The maximum atomic E-state index is 13.7. The summed E-state index contributed by atoms with van der Waals surface area (Å²) in [6.45, 7) is 9.46. The van der Waals surface area contributed by atoms with Crippen molar-refractivity contribution in [3.63, 3.8) is 0 Å². The van der Waals surface area contributed by atoms with Crippen LogP contribution in [0.15, 0.2) is 48.5 Å². The fraction of sp³-hybridized carbons (Fsp3) is 0.481. The summed E-state index contributed by atoms with van der Waals surface area (Å²) in [6.07, 6.45) is 2.85. The quantitative estimate of drug-likeness (QED) is 0.479. The number of rotatable bonds is 12. The van der Waals surface area contributed by atoms with Gasteiger partial charge in [-0.2, -0.15) is 0 Å². The van der Waals surface area contributed by atoms with E-state index < -0.39 is 22.0 Å². The van der Waals surface area contributed by atoms with Crippen LogP contribution in [0.4, 0.5) is 5.69 Å². The number of carbonyl (C=O) groups is 2. The van der Waals surface area contributed by atoms with E-state index in [-0.39, 0.29) is 18.5 Å². The number of carbonyl (C=O) groups excluding carboxylic acids is 2. The lowest BCUT2D eigenvalue weighted by Crippen LogP contribution is -2.54. The molecule has 0 aliphatic carbocycles. The summed E-state index contributed by atoms with van der Waals surface area (Å²) in [5, 5.41) is 2.98. The Hall–Kier alpha value is -2.87. The van der Waals surface area contributed by atoms with Crippen LogP contribution < -0.4 is 9.62 Å². The Morgan fingerprint density at radius 3 is 2.20 bits per heavy atom. The van der Waals surface area contributed by atoms with Gasteiger partial charge in [-0.3, -0.25) is 13.9 Å². The molecule has 7 nitrogen and oxygen atoms in total. The van der Waals surface area contributed by atoms with Gasteiger partial charge in [0.15, 0.2) is 0 Å². The van der Waals surface area contributed by atoms with Crippen LogP contribution in [-0.2, 0) is 26.0 Å². The Morgan fingerprint density at radius 2 is 1.66 bits per heavy atom. The van der Waals surface area contributed by atoms with Gasteiger partial charge in [0.2, 0.25) is 21.8 Å². The number of nitrogens with zero attached hydrogens (tertiary/aromatic N) is 2. The number of benzene rings is 2. The second-order valence-electron chi connectivity index (χ2n) is 9.12. The van der Waals surface area contributed by atoms with E-state index in [9.17, 15) is 18.0 Å². The first-order chi connectivity index (χ1) is 16.5. The average Bonchev–Trinajstić information content (AvgIpc) is 2.80. The molecule has 0 heterocycles. The molecule has 0 fully saturated rings. The molecular weight excluding hydrogens is 462 g/mol. The Morgan fingerprint density at radius 1 is 1.00 bits per heavy atom. The molecule has 192 valence electrons. The van der Waals surface area contributed by atoms with Gasteiger partial charge in [-0.15, -0.1) is 0 Å². The highest BCUT2D eigenvalue weighted by Crippen LogP contribution is 2.24. The van der Waals surface area contributed by atoms with Crippen LogP contribution in [0.1, 0.15) is 50.3 Å². The molecule has 0 saturated carbocycles. The molecule has 35 heavy (non-hydrogen) atoms. The third-order valence-electron chi connectivity index (χ3n) is 6.17. The van der Waals surface area contributed by atoms with Crippen LogP contribution >= 0.6 is 0 Å². The smallest absolute Gasteiger partial charge is 0.244 e. The lowest BCUT2D eigenvalue weighted by molar-refractivity contribution is -0.139. The van der Waals surface area contributed by atoms with E-state index in [1.54, 1.807) is 6.07 Å². The van der Waals surface area contributed by atoms with Crippen molar-refractivity contribution < 1.29 is 18.0 Å². The van der Waals surface area contributed by atoms with Crippen molar-refractivity contribution in [1.29, 1.82) is 0 Å². The highest BCUT2D eigenvalue weighted by Gasteiger charge is 2.32. The lowest BCUT2D eigenvalue weighted by atomic mass is 10.1. The molecule has 2 atom stereocenters. The predicted molar refractivity (Wildman–Crippen MR) is 142 cm³/mol. The number of amides is 2. The maximum absolute atomic E-state index is 13.7. The van der Waals surface area contributed by atoms with Crippen molar-refractivity contribution in [3.05, 3.63) is 65.2 Å². The van der Waals surface area contributed by atoms with Gasteiger partial charge in [0.1, 0.15) is 12.6 Å². The molecule has 0 aliphatic heterocycles. The fourth-order valence-corrected chi connectivity index (χ4v) is 4.92. The Bertz CT molecular complexity index is 1100. The molecular formula is C27H39N3O4S. The van der Waals surface area contributed by atoms with Crippen molar-refractivity contribution in [2.75, 3.05) is 23.7 Å². The Balaban J connectivity index is 2.39. The molecule has 8 heteroatoms. The second kappa shape index (κ2) is 12.7. The van der Waals surface area contributed by atoms with E-state index in [1.807, 2.05) is 77.1 Å². The standard InChI is InChI=1S/C27H39N3O4S/c1-7-22(5)28-27(32)24(8-2)29(17-16-23-12-10-9-11-13-23)26(31)19-30(35(6,33)34)25-15-14-20(3)18-21(25)4/h9-15,18,22,24H,7-8,16-17,19H2,1-6H3,(H,28,32)/t22-,24+/m1/s1. The largest absolute Gasteiger partial charge is 0.352 e. The Labute approximate surface area is 210 Å². The number of sulfonamides is 1. The molecule has 2 amide bonds. The highest BCUT2D eigenvalue weighted by molar-refractivity contribution is 7.92. The first-order valence-corrected chi connectivity index (χ1v) is 14.0. The van der Waals surface area contributed by atoms with Crippen LogP contribution in [-0.4, -0.2) is 56.6 Å². The lowest BCUT2D eigenvalue weighted by Gasteiger charge is -2.33. The first kappa shape index (κ1) is 28.4. The number of hydrogen-bond acceptors (Lipinski definition) is 4. The van der Waals surface area contributed by atoms with Crippen LogP contribution in [0.2, 0.25) is 0 Å². The minimum Gasteiger partial charge on any atom is -0.352 e. The molecule has 0 radical (unpaired) electrons. The van der Waals surface area contributed by atoms with Crippen molar-refractivity contribution in [2.24, 2.45) is 0 Å². The van der Waals surface area contributed by atoms with Crippen LogP contribution in [0.3, 0.4) is 0 Å². The van der Waals surface area contributed by atoms with Gasteiger partial charge < -0.3 is 10.2 Å². The SMILES string of the molecule is CC[C@@H](C)NC(=O)[C@H](CC)N(CCc1ccccc1)C(=O)CN(c1ccc(C)cc1C)S(C)(=O)=O. The van der Waals surface area contributed by atoms with Gasteiger partial charge in [-0.25, -0.2) is 8.42 Å². The molecule has 2 aromatic carbocycles. The summed E-state index contributed by atoms with van der Waals surface area (Å²) in [7, 11) is -3.74. The summed E-state index contributed by atoms with van der Waals surface area (Å²) in [5.41, 5.74) is 3.27. The van der Waals surface area contributed by atoms with Crippen molar-refractivity contribution in [3.8, 4) is 0 Å². The average molecular weight is 502 g/mol. The van der Waals surface area contributed by atoms with E-state index in [2.05, 4.69) is 5.32 Å². The highest BCUT2D eigenvalue weighted by atomic mass is 32.2. The molecule has 1 N–H and O–H groups in total. The van der Waals surface area contributed by atoms with E-state index in [4.69, 9.17) is 0 Å². The fourth-order valence-electron chi connectivity index (χ4n) is 4.02. The number of nitrogens with one attached hydrogen (secondary N) is 1. The molecule has 0 saturated heterocycles. The summed E-state index contributed by atoms with van der Waals surface area (Å²) in [6, 6.07) is 14.5. The van der Waals surface area contributed by atoms with Crippen LogP contribution in [0, 0.1) is 13.8 Å². The van der Waals surface area contributed by atoms with E-state index in [0.717, 1.165) is 33.7 Å². The minimum atomic E-state index is -3.74. The topological polar surface area (TPSA) is 86.8 Å². The van der Waals surface area contributed by atoms with Crippen molar-refractivity contribution >= 4 is 27.5 Å². The van der Waals surface area contributed by atoms with Crippen molar-refractivity contribution in [2.45, 2.75) is 66.0 Å². The van der Waals surface area contributed by atoms with Gasteiger partial charge in [-0.05, 0) is 57.2 Å². The summed E-state index contributed by atoms with van der Waals surface area (Å²) >= 11 is 0. The molecule has 0 unspecified atom stereocenters. The first-order valence-electron chi connectivity index (χ1n) is 12.2. The number of anilines is 1. The van der Waals surface area contributed by atoms with E-state index >= 15 is 0 Å². The van der Waals surface area contributed by atoms with Crippen LogP contribution in [0.25, 0.3) is 0 Å². The molecule has 2 rings (SSSR count). The monoisotopic (exact) mass is 501 g/mol. The van der Waals surface area contributed by atoms with Gasteiger partial charge in [-0.1, -0.05) is 61.9 Å². The van der Waals surface area contributed by atoms with Crippen LogP contribution in [0.5, 0.6) is 0 Å². The third-order valence-corrected chi connectivity index (χ3v) is 7.30. The molecule has 0 aromatic heterocycles. The molecule has 0 spiro atoms. The van der Waals surface area contributed by atoms with Gasteiger partial charge >= 0.3 is 0 Å². The van der Waals surface area contributed by atoms with Gasteiger partial charge in [0, 0.05) is 12.6 Å². The third kappa shape index (κ3) is 8.09.